The highest BCUT2D eigenvalue weighted by atomic mass is 79.9. The summed E-state index contributed by atoms with van der Waals surface area (Å²) >= 11 is 11.3. The number of rotatable bonds is 35. The van der Waals surface area contributed by atoms with Gasteiger partial charge in [0.05, 0.1) is 85.2 Å². The first-order chi connectivity index (χ1) is 53.7. The Bertz CT molecular complexity index is 4300. The number of allylic oxidation sites excluding steroid dienone is 1. The van der Waals surface area contributed by atoms with Crippen LogP contribution in [0.4, 0.5) is 0 Å². The largest absolute Gasteiger partial charge is 0.492 e. The van der Waals surface area contributed by atoms with Gasteiger partial charge in [-0.2, -0.15) is 0 Å². The molecule has 0 bridgehead atoms. The molecular formula is C90H129BrClN3O15Si4. The Kier molecular flexibility index (Phi) is 34.0. The van der Waals surface area contributed by atoms with Crippen LogP contribution >= 0.6 is 27.5 Å². The Morgan fingerprint density at radius 3 is 1.88 bits per heavy atom. The number of likely N-dealkylation sites (N-methyl/N-ethyl adjacent to an activating group) is 1. The number of halogens is 2. The standard InChI is InChI=1S/C90H129BrClN3O15Si4/c1-26-112(27-2,28-3)49-38-47-90(100,79(57-96)108-81-56-77(82(95(20)21)61(13)105-81)110-114(32-7,33-8)60(11)12)48-45-63(91)53-76(73(109-111(24,25)89(17,18)19)46-50-113(29-4,30-5)31-6)106-74-44-43-71(93-85(74)92)72(55-80(97)103-58-70-66-41-36-34-39-64(66)65-40-35-37-42-67(65)70)94-86(98)69-54-68-62(51-75(69)107-87(99)88(14,15)16)52-78(104-59(9)10)84(102-23)83(68)101-22/h34-37,39-44,51-54,59-61,70,72-73,76-77,79,81-82,96,100H,26-33,47,55-58H2,1-25H3,(H,94,98)/b63-53-/t61-,72+,73-,76-,77-,79+,81-,82+,90+/m0/s1. The highest BCUT2D eigenvalue weighted by Crippen LogP contribution is 2.48. The van der Waals surface area contributed by atoms with E-state index in [4.69, 9.17) is 63.3 Å². The number of fused-ring (bicyclic) bond motifs is 4. The van der Waals surface area contributed by atoms with Crippen molar-refractivity contribution in [3.05, 3.63) is 117 Å². The molecule has 4 aromatic carbocycles. The molecule has 9 atom stereocenters. The van der Waals surface area contributed by atoms with Crippen LogP contribution in [0.1, 0.15) is 190 Å². The summed E-state index contributed by atoms with van der Waals surface area (Å²) in [6, 6.07) is 30.3. The van der Waals surface area contributed by atoms with Crippen molar-refractivity contribution in [3.63, 3.8) is 0 Å². The molecule has 1 aliphatic carbocycles. The zero-order valence-electron chi connectivity index (χ0n) is 72.5. The van der Waals surface area contributed by atoms with Gasteiger partial charge >= 0.3 is 11.9 Å². The molecule has 1 amide bonds. The summed E-state index contributed by atoms with van der Waals surface area (Å²) in [5, 5.41) is 28.4. The van der Waals surface area contributed by atoms with E-state index in [-0.39, 0.29) is 92.2 Å². The first-order valence-corrected chi connectivity index (χ1v) is 52.6. The Morgan fingerprint density at radius 1 is 0.781 bits per heavy atom. The summed E-state index contributed by atoms with van der Waals surface area (Å²) in [5.41, 5.74) is 8.95. The van der Waals surface area contributed by atoms with E-state index in [1.54, 1.807) is 57.2 Å². The maximum absolute atomic E-state index is 15.6. The van der Waals surface area contributed by atoms with Gasteiger partial charge in [0.25, 0.3) is 5.91 Å². The van der Waals surface area contributed by atoms with E-state index in [0.717, 1.165) is 70.6 Å². The van der Waals surface area contributed by atoms with Crippen LogP contribution in [0.3, 0.4) is 0 Å². The van der Waals surface area contributed by atoms with Crippen LogP contribution in [0, 0.1) is 40.2 Å². The molecule has 18 nitrogen and oxygen atoms in total. The zero-order valence-corrected chi connectivity index (χ0v) is 78.8. The summed E-state index contributed by atoms with van der Waals surface area (Å²) in [7, 11) is -2.23. The summed E-state index contributed by atoms with van der Waals surface area (Å²) in [6.07, 6.45) is -3.56. The molecule has 114 heavy (non-hydrogen) atoms. The molecule has 2 heterocycles. The second kappa shape index (κ2) is 40.9. The van der Waals surface area contributed by atoms with Gasteiger partial charge in [-0.1, -0.05) is 168 Å². The van der Waals surface area contributed by atoms with Gasteiger partial charge in [-0.15, -0.1) is 17.0 Å². The zero-order chi connectivity index (χ0) is 84.6. The Balaban J connectivity index is 1.40. The number of nitrogens with zero attached hydrogens (tertiary/aromatic N) is 2. The molecule has 1 fully saturated rings. The minimum Gasteiger partial charge on any atom is -0.492 e. The topological polar surface area (TPSA) is 212 Å². The van der Waals surface area contributed by atoms with Gasteiger partial charge in [0.15, 0.2) is 57.0 Å². The number of hydrogen-bond acceptors (Lipinski definition) is 17. The average Bonchev–Trinajstić information content (AvgIpc) is 1.15. The first kappa shape index (κ1) is 94.8. The lowest BCUT2D eigenvalue weighted by Gasteiger charge is -2.48. The van der Waals surface area contributed by atoms with Crippen molar-refractivity contribution in [2.24, 2.45) is 5.41 Å². The van der Waals surface area contributed by atoms with Crippen molar-refractivity contribution in [1.29, 1.82) is 0 Å². The molecule has 2 aliphatic rings. The number of hydrogen-bond donors (Lipinski definition) is 3. The maximum atomic E-state index is 15.6. The predicted octanol–water partition coefficient (Wildman–Crippen LogP) is 19.7. The van der Waals surface area contributed by atoms with Crippen molar-refractivity contribution in [2.75, 3.05) is 41.5 Å². The molecule has 0 spiro atoms. The second-order valence-corrected chi connectivity index (χ2v) is 54.6. The summed E-state index contributed by atoms with van der Waals surface area (Å²) < 4.78 is 66.2. The van der Waals surface area contributed by atoms with E-state index in [0.29, 0.717) is 28.5 Å². The predicted molar refractivity (Wildman–Crippen MR) is 473 cm³/mol. The van der Waals surface area contributed by atoms with Gasteiger partial charge < -0.3 is 67.2 Å². The number of carbonyl (C=O) groups is 3. The Morgan fingerprint density at radius 2 is 1.36 bits per heavy atom. The number of aliphatic hydroxyl groups is 2. The third-order valence-electron chi connectivity index (χ3n) is 23.8. The monoisotopic (exact) mass is 1720 g/mol. The second-order valence-electron chi connectivity index (χ2n) is 33.8. The number of aromatic nitrogens is 1. The molecule has 0 saturated carbocycles. The number of esters is 2. The third-order valence-corrected chi connectivity index (χ3v) is 43.8. The van der Waals surface area contributed by atoms with Gasteiger partial charge in [0, 0.05) is 17.7 Å². The molecule has 624 valence electrons. The third kappa shape index (κ3) is 22.9. The molecule has 0 unspecified atom stereocenters. The van der Waals surface area contributed by atoms with Crippen LogP contribution in [0.15, 0.2) is 89.4 Å². The van der Waals surface area contributed by atoms with E-state index in [9.17, 15) is 19.8 Å². The lowest BCUT2D eigenvalue weighted by Crippen LogP contribution is -2.60. The quantitative estimate of drug-likeness (QED) is 0.0113. The van der Waals surface area contributed by atoms with Crippen molar-refractivity contribution in [2.45, 2.75) is 289 Å². The molecule has 1 aliphatic heterocycles. The van der Waals surface area contributed by atoms with Crippen LogP contribution in [-0.2, 0) is 32.7 Å². The molecule has 5 aromatic rings. The number of amides is 1. The summed E-state index contributed by atoms with van der Waals surface area (Å²) in [6.45, 7) is 43.1. The summed E-state index contributed by atoms with van der Waals surface area (Å²) in [5.74, 6) is 12.1. The minimum atomic E-state index is -2.75. The molecule has 7 rings (SSSR count). The molecule has 1 saturated heterocycles. The van der Waals surface area contributed by atoms with Gasteiger partial charge in [0.2, 0.25) is 5.75 Å². The molecule has 24 heteroatoms. The van der Waals surface area contributed by atoms with E-state index in [1.807, 2.05) is 71.3 Å². The number of aliphatic hydroxyl groups excluding tert-OH is 1. The van der Waals surface area contributed by atoms with Crippen LogP contribution in [0.25, 0.3) is 21.9 Å². The molecule has 3 N–H and O–H groups in total. The molecular weight excluding hydrogens is 1590 g/mol. The van der Waals surface area contributed by atoms with Gasteiger partial charge in [-0.3, -0.25) is 14.4 Å². The van der Waals surface area contributed by atoms with E-state index >= 15 is 4.79 Å². The Labute approximate surface area is 698 Å². The van der Waals surface area contributed by atoms with E-state index in [2.05, 4.69) is 176 Å². The number of methoxy groups -OCH3 is 2. The van der Waals surface area contributed by atoms with E-state index in [1.165, 1.54) is 14.2 Å². The number of benzene rings is 4. The average molecular weight is 1720 g/mol. The number of nitrogens with one attached hydrogen (secondary N) is 1. The Hall–Kier alpha value is -6.32. The van der Waals surface area contributed by atoms with Crippen LogP contribution in [0.2, 0.25) is 77.2 Å². The van der Waals surface area contributed by atoms with Crippen molar-refractivity contribution in [3.8, 4) is 74.6 Å². The van der Waals surface area contributed by atoms with Crippen molar-refractivity contribution >= 4 is 88.9 Å². The van der Waals surface area contributed by atoms with Gasteiger partial charge in [0.1, 0.15) is 40.7 Å². The van der Waals surface area contributed by atoms with Crippen LogP contribution in [-0.4, -0.2) is 167 Å². The minimum absolute atomic E-state index is 0.00621. The fourth-order valence-corrected chi connectivity index (χ4v) is 25.3. The lowest BCUT2D eigenvalue weighted by molar-refractivity contribution is -0.266. The molecule has 1 aromatic heterocycles. The highest BCUT2D eigenvalue weighted by Gasteiger charge is 2.48. The maximum Gasteiger partial charge on any atom is 0.316 e. The first-order valence-electron chi connectivity index (χ1n) is 40.9. The number of pyridine rings is 1. The molecule has 0 radical (unpaired) electrons. The highest BCUT2D eigenvalue weighted by molar-refractivity contribution is 9.12. The number of ether oxygens (including phenoxy) is 8. The van der Waals surface area contributed by atoms with Crippen molar-refractivity contribution < 1.29 is 71.3 Å². The fourth-order valence-electron chi connectivity index (χ4n) is 15.0. The summed E-state index contributed by atoms with van der Waals surface area (Å²) in [4.78, 5) is 51.4. The van der Waals surface area contributed by atoms with Gasteiger partial charge in [-0.05, 0) is 208 Å². The van der Waals surface area contributed by atoms with Crippen molar-refractivity contribution in [1.82, 2.24) is 15.2 Å². The van der Waals surface area contributed by atoms with Crippen LogP contribution in [0.5, 0.6) is 28.7 Å². The van der Waals surface area contributed by atoms with Crippen LogP contribution < -0.4 is 29.0 Å². The van der Waals surface area contributed by atoms with E-state index < -0.39 is 105 Å². The normalized spacial score (nSPS) is 17.9. The SMILES string of the molecule is CC[Si](C#CC[C@@](O)(C#C/C(Br)=C/[C@H](Oc1ccc([C@@H](CC(=O)OCC2c3ccccc3-c3ccccc32)NC(=O)c2cc3c(OC)c(OC)c(OC(C)C)cc3cc2OC(=O)C(C)(C)C)nc1Cl)[C@H](C#C[Si](CC)(CC)CC)O[Si](C)(C)C(C)(C)C)[C@@H](CO)O[C@H]1C[C@H](O[Si](CC)(CC)C(C)C)[C@H](N(C)C)[C@H](C)O1)(CC)CC. The fraction of sp³-hybridized carbons (Fsp3) is 0.578. The van der Waals surface area contributed by atoms with Gasteiger partial charge in [-0.25, -0.2) is 4.98 Å². The number of carbonyl (C=O) groups excluding carboxylic acids is 3. The lowest BCUT2D eigenvalue weighted by atomic mass is 9.93. The smallest absolute Gasteiger partial charge is 0.316 e.